The number of esters is 1. The first-order chi connectivity index (χ1) is 11.5. The minimum atomic E-state index is -0.784. The van der Waals surface area contributed by atoms with E-state index in [2.05, 4.69) is 5.32 Å². The van der Waals surface area contributed by atoms with Gasteiger partial charge in [-0.15, -0.1) is 0 Å². The minimum absolute atomic E-state index is 0.0406. The first kappa shape index (κ1) is 17.7. The predicted octanol–water partition coefficient (Wildman–Crippen LogP) is 3.70. The molecule has 1 N–H and O–H groups in total. The molecular weight excluding hydrogens is 333 g/mol. The third-order valence-electron chi connectivity index (χ3n) is 3.05. The van der Waals surface area contributed by atoms with Crippen molar-refractivity contribution in [3.05, 3.63) is 76.2 Å². The first-order valence-electron chi connectivity index (χ1n) is 7.11. The van der Waals surface area contributed by atoms with Crippen LogP contribution in [0.3, 0.4) is 0 Å². The predicted molar refractivity (Wildman–Crippen MR) is 89.4 cm³/mol. The molecule has 24 heavy (non-hydrogen) atoms. The van der Waals surface area contributed by atoms with Crippen molar-refractivity contribution in [1.82, 2.24) is 5.32 Å². The van der Waals surface area contributed by atoms with Crippen LogP contribution in [0.5, 0.6) is 0 Å². The highest BCUT2D eigenvalue weighted by Crippen LogP contribution is 2.20. The number of halogens is 2. The zero-order chi connectivity index (χ0) is 17.5. The van der Waals surface area contributed by atoms with E-state index in [1.54, 1.807) is 24.3 Å². The van der Waals surface area contributed by atoms with Crippen molar-refractivity contribution in [3.63, 3.8) is 0 Å². The molecule has 0 bridgehead atoms. The fraction of sp³-hybridized carbons (Fsp3) is 0.111. The highest BCUT2D eigenvalue weighted by Gasteiger charge is 2.15. The molecule has 0 heterocycles. The molecule has 0 unspecified atom stereocenters. The van der Waals surface area contributed by atoms with Crippen LogP contribution in [0.15, 0.2) is 54.2 Å². The second kappa shape index (κ2) is 8.26. The van der Waals surface area contributed by atoms with Gasteiger partial charge in [0.2, 0.25) is 5.91 Å². The van der Waals surface area contributed by atoms with Gasteiger partial charge in [0.15, 0.2) is 0 Å². The lowest BCUT2D eigenvalue weighted by Crippen LogP contribution is -2.26. The van der Waals surface area contributed by atoms with E-state index in [-0.39, 0.29) is 22.9 Å². The topological polar surface area (TPSA) is 55.4 Å². The van der Waals surface area contributed by atoms with Gasteiger partial charge in [-0.1, -0.05) is 48.0 Å². The maximum atomic E-state index is 13.7. The van der Waals surface area contributed by atoms with Gasteiger partial charge in [-0.2, -0.15) is 0 Å². The Morgan fingerprint density at radius 3 is 2.50 bits per heavy atom. The van der Waals surface area contributed by atoms with Crippen LogP contribution >= 0.6 is 11.6 Å². The Morgan fingerprint density at radius 2 is 1.88 bits per heavy atom. The Labute approximate surface area is 143 Å². The van der Waals surface area contributed by atoms with E-state index >= 15 is 0 Å². The zero-order valence-electron chi connectivity index (χ0n) is 12.9. The highest BCUT2D eigenvalue weighted by atomic mass is 35.5. The van der Waals surface area contributed by atoms with E-state index in [1.165, 1.54) is 31.2 Å². The summed E-state index contributed by atoms with van der Waals surface area (Å²) in [6.07, 6.45) is 1.48. The Morgan fingerprint density at radius 1 is 1.17 bits per heavy atom. The van der Waals surface area contributed by atoms with Crippen LogP contribution in [-0.4, -0.2) is 11.9 Å². The molecule has 124 valence electrons. The average molecular weight is 348 g/mol. The van der Waals surface area contributed by atoms with Gasteiger partial charge in [-0.25, -0.2) is 9.18 Å². The maximum Gasteiger partial charge on any atom is 0.355 e. The summed E-state index contributed by atoms with van der Waals surface area (Å²) in [7, 11) is 0. The van der Waals surface area contributed by atoms with Gasteiger partial charge in [0, 0.05) is 12.5 Å². The van der Waals surface area contributed by atoms with Crippen LogP contribution in [0.2, 0.25) is 5.02 Å². The average Bonchev–Trinajstić information content (AvgIpc) is 2.54. The molecule has 2 aromatic carbocycles. The smallest absolute Gasteiger partial charge is 0.355 e. The van der Waals surface area contributed by atoms with Gasteiger partial charge in [-0.05, 0) is 23.8 Å². The lowest BCUT2D eigenvalue weighted by molar-refractivity contribution is -0.141. The number of hydrogen-bond acceptors (Lipinski definition) is 3. The number of carbonyl (C=O) groups excluding carboxylic acids is 2. The number of carbonyl (C=O) groups is 2. The number of rotatable bonds is 5. The molecule has 2 aromatic rings. The summed E-state index contributed by atoms with van der Waals surface area (Å²) in [4.78, 5) is 23.5. The van der Waals surface area contributed by atoms with Crippen molar-refractivity contribution in [2.45, 2.75) is 13.5 Å². The van der Waals surface area contributed by atoms with Crippen molar-refractivity contribution in [2.75, 3.05) is 0 Å². The molecule has 0 saturated carbocycles. The summed E-state index contributed by atoms with van der Waals surface area (Å²) in [5, 5.41) is 2.58. The number of hydrogen-bond donors (Lipinski definition) is 1. The van der Waals surface area contributed by atoms with E-state index in [9.17, 15) is 14.0 Å². The van der Waals surface area contributed by atoms with Crippen LogP contribution in [0.25, 0.3) is 6.08 Å². The maximum absolute atomic E-state index is 13.7. The normalized spacial score (nSPS) is 11.0. The molecule has 0 radical (unpaired) electrons. The molecule has 0 aliphatic rings. The van der Waals surface area contributed by atoms with Crippen LogP contribution in [0.1, 0.15) is 18.1 Å². The van der Waals surface area contributed by atoms with Crippen LogP contribution < -0.4 is 5.32 Å². The van der Waals surface area contributed by atoms with E-state index in [1.807, 2.05) is 6.07 Å². The largest absolute Gasteiger partial charge is 0.456 e. The summed E-state index contributed by atoms with van der Waals surface area (Å²) < 4.78 is 18.8. The SMILES string of the molecule is CC(=O)N/C(=C\c1ccccc1)C(=O)OCc1c(F)cccc1Cl. The van der Waals surface area contributed by atoms with Crippen molar-refractivity contribution < 1.29 is 18.7 Å². The highest BCUT2D eigenvalue weighted by molar-refractivity contribution is 6.31. The zero-order valence-corrected chi connectivity index (χ0v) is 13.6. The van der Waals surface area contributed by atoms with Gasteiger partial charge in [-0.3, -0.25) is 4.79 Å². The summed E-state index contributed by atoms with van der Waals surface area (Å²) >= 11 is 5.89. The number of benzene rings is 2. The standard InChI is InChI=1S/C18H15ClFNO3/c1-12(22)21-17(10-13-6-3-2-4-7-13)18(23)24-11-14-15(19)8-5-9-16(14)20/h2-10H,11H2,1H3,(H,21,22)/b17-10-. The Hall–Kier alpha value is -2.66. The molecule has 0 saturated heterocycles. The molecule has 2 rings (SSSR count). The fourth-order valence-electron chi connectivity index (χ4n) is 1.94. The second-order valence-electron chi connectivity index (χ2n) is 4.93. The molecule has 0 spiro atoms. The molecule has 0 aliphatic carbocycles. The van der Waals surface area contributed by atoms with Gasteiger partial charge in [0.1, 0.15) is 18.1 Å². The molecule has 0 atom stereocenters. The third-order valence-corrected chi connectivity index (χ3v) is 3.40. The van der Waals surface area contributed by atoms with Gasteiger partial charge in [0.25, 0.3) is 0 Å². The number of ether oxygens (including phenoxy) is 1. The molecule has 0 aliphatic heterocycles. The lowest BCUT2D eigenvalue weighted by Gasteiger charge is -2.10. The summed E-state index contributed by atoms with van der Waals surface area (Å²) in [5.74, 6) is -1.77. The monoisotopic (exact) mass is 347 g/mol. The fourth-order valence-corrected chi connectivity index (χ4v) is 2.15. The van der Waals surface area contributed by atoms with Crippen LogP contribution in [-0.2, 0) is 20.9 Å². The van der Waals surface area contributed by atoms with Crippen molar-refractivity contribution >= 4 is 29.6 Å². The lowest BCUT2D eigenvalue weighted by atomic mass is 10.2. The number of nitrogens with one attached hydrogen (secondary N) is 1. The van der Waals surface area contributed by atoms with Gasteiger partial charge in [0.05, 0.1) is 5.02 Å². The first-order valence-corrected chi connectivity index (χ1v) is 7.49. The summed E-state index contributed by atoms with van der Waals surface area (Å²) in [5.41, 5.74) is 0.748. The van der Waals surface area contributed by atoms with E-state index in [4.69, 9.17) is 16.3 Å². The van der Waals surface area contributed by atoms with Crippen molar-refractivity contribution in [2.24, 2.45) is 0 Å². The molecule has 0 aromatic heterocycles. The van der Waals surface area contributed by atoms with Crippen molar-refractivity contribution in [1.29, 1.82) is 0 Å². The van der Waals surface area contributed by atoms with Crippen LogP contribution in [0, 0.1) is 5.82 Å². The van der Waals surface area contributed by atoms with E-state index in [0.29, 0.717) is 5.56 Å². The Bertz CT molecular complexity index is 755. The molecule has 0 fully saturated rings. The van der Waals surface area contributed by atoms with Gasteiger partial charge < -0.3 is 10.1 Å². The number of amides is 1. The Kier molecular flexibility index (Phi) is 6.09. The quantitative estimate of drug-likeness (QED) is 0.662. The molecule has 6 heteroatoms. The van der Waals surface area contributed by atoms with Crippen molar-refractivity contribution in [3.8, 4) is 0 Å². The molecule has 1 amide bonds. The summed E-state index contributed by atoms with van der Waals surface area (Å²) in [6, 6.07) is 13.1. The summed E-state index contributed by atoms with van der Waals surface area (Å²) in [6.45, 7) is 0.940. The second-order valence-corrected chi connectivity index (χ2v) is 5.33. The third kappa shape index (κ3) is 4.93. The van der Waals surface area contributed by atoms with Gasteiger partial charge >= 0.3 is 5.97 Å². The van der Waals surface area contributed by atoms with E-state index < -0.39 is 17.7 Å². The van der Waals surface area contributed by atoms with Crippen LogP contribution in [0.4, 0.5) is 4.39 Å². The molecular formula is C18H15ClFNO3. The minimum Gasteiger partial charge on any atom is -0.456 e. The van der Waals surface area contributed by atoms with E-state index in [0.717, 1.165) is 0 Å². The Balaban J connectivity index is 2.16. The molecule has 4 nitrogen and oxygen atoms in total.